The van der Waals surface area contributed by atoms with Crippen LogP contribution in [0.3, 0.4) is 0 Å². The van der Waals surface area contributed by atoms with Crippen LogP contribution in [0.5, 0.6) is 0 Å². The zero-order chi connectivity index (χ0) is 44.3. The molecule has 0 amide bonds. The molecule has 1 spiro atoms. The third kappa shape index (κ3) is 6.37. The van der Waals surface area contributed by atoms with Crippen LogP contribution in [-0.2, 0) is 11.8 Å². The lowest BCUT2D eigenvalue weighted by Gasteiger charge is -2.45. The van der Waals surface area contributed by atoms with Crippen LogP contribution in [0.2, 0.25) is 0 Å². The van der Waals surface area contributed by atoms with Gasteiger partial charge in [-0.25, -0.2) is 0 Å². The maximum absolute atomic E-state index is 2.54. The Balaban J connectivity index is 0.991. The maximum Gasteiger partial charge on any atom is 0.0754 e. The highest BCUT2D eigenvalue weighted by Gasteiger charge is 2.51. The smallest absolute Gasteiger partial charge is 0.0754 e. The van der Waals surface area contributed by atoms with E-state index in [1.165, 1.54) is 81.6 Å². The van der Waals surface area contributed by atoms with E-state index in [0.717, 1.165) is 35.6 Å². The molecule has 1 aliphatic heterocycles. The quantitative estimate of drug-likeness (QED) is 0.143. The van der Waals surface area contributed by atoms with Gasteiger partial charge in [0, 0.05) is 48.8 Å². The lowest BCUT2D eigenvalue weighted by molar-refractivity contribution is 0.710. The third-order valence-electron chi connectivity index (χ3n) is 14.3. The van der Waals surface area contributed by atoms with E-state index in [1.807, 2.05) is 11.3 Å². The van der Waals surface area contributed by atoms with Crippen molar-refractivity contribution >= 4 is 65.6 Å². The van der Waals surface area contributed by atoms with Crippen molar-refractivity contribution in [1.29, 1.82) is 0 Å². The standard InChI is InChI=1S/C64H46N2S/c1-5-19-44(20-6-1)33-37-51(45-35-40-62-55(41-45)54-38-36-50(43-63(54)67-62)65(47-21-7-2-8-22-47)48-23-9-3-10-24-48)46-34-39-59-61(42-46)66(49-25-11-4-12-26-49)60-32-18-17-31-58(60)64(59)56-29-15-13-27-52(56)53-28-14-16-30-57(53)64/h1-32,34-36,38-43,51H,33,37H2/t51-/m1/s1. The average molecular weight is 875 g/mol. The van der Waals surface area contributed by atoms with Crippen molar-refractivity contribution in [2.75, 3.05) is 9.80 Å². The summed E-state index contributed by atoms with van der Waals surface area (Å²) in [7, 11) is 0. The Bertz CT molecular complexity index is 3510. The zero-order valence-corrected chi connectivity index (χ0v) is 37.8. The van der Waals surface area contributed by atoms with Crippen molar-refractivity contribution in [1.82, 2.24) is 0 Å². The van der Waals surface area contributed by atoms with Gasteiger partial charge in [-0.2, -0.15) is 0 Å². The number of nitrogens with zero attached hydrogens (tertiary/aromatic N) is 2. The molecule has 0 unspecified atom stereocenters. The van der Waals surface area contributed by atoms with E-state index in [4.69, 9.17) is 0 Å². The van der Waals surface area contributed by atoms with Crippen LogP contribution in [0.25, 0.3) is 31.3 Å². The van der Waals surface area contributed by atoms with Crippen molar-refractivity contribution in [3.05, 3.63) is 288 Å². The van der Waals surface area contributed by atoms with Crippen LogP contribution in [0, 0.1) is 0 Å². The van der Waals surface area contributed by atoms with Crippen LogP contribution in [0.4, 0.5) is 34.1 Å². The summed E-state index contributed by atoms with van der Waals surface area (Å²) >= 11 is 1.89. The fraction of sp³-hybridized carbons (Fsp3) is 0.0625. The first-order chi connectivity index (χ1) is 33.2. The monoisotopic (exact) mass is 874 g/mol. The Labute approximate surface area is 396 Å². The van der Waals surface area contributed by atoms with Gasteiger partial charge in [0.15, 0.2) is 0 Å². The first-order valence-electron chi connectivity index (χ1n) is 23.4. The van der Waals surface area contributed by atoms with Gasteiger partial charge in [0.05, 0.1) is 16.8 Å². The van der Waals surface area contributed by atoms with E-state index in [1.54, 1.807) is 0 Å². The molecule has 0 radical (unpaired) electrons. The number of anilines is 6. The second-order valence-corrected chi connectivity index (χ2v) is 19.0. The van der Waals surface area contributed by atoms with Crippen LogP contribution in [0.15, 0.2) is 249 Å². The largest absolute Gasteiger partial charge is 0.310 e. The van der Waals surface area contributed by atoms with E-state index in [2.05, 4.69) is 259 Å². The Hall–Kier alpha value is -7.98. The summed E-state index contributed by atoms with van der Waals surface area (Å²) in [6.45, 7) is 0. The number of thiophene rings is 1. The molecule has 13 rings (SSSR count). The third-order valence-corrected chi connectivity index (χ3v) is 15.5. The maximum atomic E-state index is 2.54. The number of rotatable bonds is 9. The highest BCUT2D eigenvalue weighted by molar-refractivity contribution is 7.25. The molecule has 0 fully saturated rings. The molecule has 67 heavy (non-hydrogen) atoms. The van der Waals surface area contributed by atoms with Gasteiger partial charge in [-0.05, 0) is 136 Å². The lowest BCUT2D eigenvalue weighted by atomic mass is 9.64. The van der Waals surface area contributed by atoms with Crippen LogP contribution in [-0.4, -0.2) is 0 Å². The van der Waals surface area contributed by atoms with Crippen molar-refractivity contribution < 1.29 is 0 Å². The van der Waals surface area contributed by atoms with Gasteiger partial charge in [-0.15, -0.1) is 11.3 Å². The number of benzene rings is 10. The minimum Gasteiger partial charge on any atom is -0.310 e. The Kier molecular flexibility index (Phi) is 9.50. The van der Waals surface area contributed by atoms with Crippen molar-refractivity contribution in [2.24, 2.45) is 0 Å². The van der Waals surface area contributed by atoms with Gasteiger partial charge < -0.3 is 9.80 Å². The Morgan fingerprint density at radius 3 is 1.64 bits per heavy atom. The fourth-order valence-electron chi connectivity index (χ4n) is 11.4. The number of aryl methyl sites for hydroxylation is 1. The van der Waals surface area contributed by atoms with Gasteiger partial charge in [0.25, 0.3) is 0 Å². The molecule has 0 N–H and O–H groups in total. The van der Waals surface area contributed by atoms with Gasteiger partial charge in [0.2, 0.25) is 0 Å². The molecule has 2 aliphatic rings. The molecule has 1 atom stereocenters. The molecule has 1 aromatic heterocycles. The predicted molar refractivity (Wildman–Crippen MR) is 283 cm³/mol. The molecular formula is C64H46N2S. The summed E-state index contributed by atoms with van der Waals surface area (Å²) in [5.41, 5.74) is 18.5. The van der Waals surface area contributed by atoms with Crippen LogP contribution < -0.4 is 9.80 Å². The van der Waals surface area contributed by atoms with E-state index in [-0.39, 0.29) is 5.92 Å². The number of para-hydroxylation sites is 4. The van der Waals surface area contributed by atoms with Crippen molar-refractivity contribution in [3.63, 3.8) is 0 Å². The summed E-state index contributed by atoms with van der Waals surface area (Å²) < 4.78 is 2.59. The predicted octanol–water partition coefficient (Wildman–Crippen LogP) is 17.4. The average Bonchev–Trinajstić information content (AvgIpc) is 3.91. The van der Waals surface area contributed by atoms with E-state index in [0.29, 0.717) is 0 Å². The van der Waals surface area contributed by atoms with Crippen LogP contribution >= 0.6 is 11.3 Å². The minimum absolute atomic E-state index is 0.143. The topological polar surface area (TPSA) is 6.48 Å². The van der Waals surface area contributed by atoms with E-state index >= 15 is 0 Å². The molecule has 3 heteroatoms. The molecule has 11 aromatic rings. The summed E-state index contributed by atoms with van der Waals surface area (Å²) in [6, 6.07) is 92.5. The molecule has 0 saturated heterocycles. The van der Waals surface area contributed by atoms with E-state index in [9.17, 15) is 0 Å². The molecule has 318 valence electrons. The molecule has 10 aromatic carbocycles. The minimum atomic E-state index is -0.480. The van der Waals surface area contributed by atoms with Crippen molar-refractivity contribution in [2.45, 2.75) is 24.2 Å². The lowest BCUT2D eigenvalue weighted by Crippen LogP contribution is -2.36. The number of fused-ring (bicyclic) bond motifs is 12. The fourth-order valence-corrected chi connectivity index (χ4v) is 12.5. The van der Waals surface area contributed by atoms with Gasteiger partial charge in [-0.1, -0.05) is 176 Å². The summed E-state index contributed by atoms with van der Waals surface area (Å²) in [6.07, 6.45) is 1.95. The highest BCUT2D eigenvalue weighted by Crippen LogP contribution is 2.63. The van der Waals surface area contributed by atoms with Gasteiger partial charge in [0.1, 0.15) is 0 Å². The van der Waals surface area contributed by atoms with Gasteiger partial charge in [-0.3, -0.25) is 0 Å². The Morgan fingerprint density at radius 2 is 0.955 bits per heavy atom. The molecule has 2 heterocycles. The second-order valence-electron chi connectivity index (χ2n) is 17.9. The molecule has 0 bridgehead atoms. The van der Waals surface area contributed by atoms with Gasteiger partial charge >= 0.3 is 0 Å². The molecule has 2 nitrogen and oxygen atoms in total. The second kappa shape index (κ2) is 16.2. The first-order valence-corrected chi connectivity index (χ1v) is 24.2. The number of hydrogen-bond donors (Lipinski definition) is 0. The number of hydrogen-bond acceptors (Lipinski definition) is 3. The molecule has 0 saturated carbocycles. The van der Waals surface area contributed by atoms with E-state index < -0.39 is 5.41 Å². The normalized spacial score (nSPS) is 13.5. The molecule has 1 aliphatic carbocycles. The SMILES string of the molecule is c1ccc(CC[C@@H](c2ccc3c(c2)N(c2ccccc2)c2ccccc2C32c3ccccc3-c3ccccc32)c2ccc3sc4cc(N(c5ccccc5)c5ccccc5)ccc4c3c2)cc1. The summed E-state index contributed by atoms with van der Waals surface area (Å²) in [5, 5.41) is 2.61. The van der Waals surface area contributed by atoms with Crippen LogP contribution in [0.1, 0.15) is 51.3 Å². The van der Waals surface area contributed by atoms with Crippen molar-refractivity contribution in [3.8, 4) is 11.1 Å². The summed E-state index contributed by atoms with van der Waals surface area (Å²) in [4.78, 5) is 4.88. The summed E-state index contributed by atoms with van der Waals surface area (Å²) in [5.74, 6) is 0.143. The zero-order valence-electron chi connectivity index (χ0n) is 37.0. The molecular weight excluding hydrogens is 829 g/mol. The Morgan fingerprint density at radius 1 is 0.403 bits per heavy atom. The first kappa shape index (κ1) is 39.4. The highest BCUT2D eigenvalue weighted by atomic mass is 32.1.